The number of fused-ring (bicyclic) bond motifs is 1. The first-order valence-electron chi connectivity index (χ1n) is 10.6. The minimum atomic E-state index is -0.389. The number of carbonyl (C=O) groups excluding carboxylic acids is 2. The molecule has 0 bridgehead atoms. The van der Waals surface area contributed by atoms with Gasteiger partial charge in [0.1, 0.15) is 18.0 Å². The largest absolute Gasteiger partial charge is 0.465 e. The molecular formula is C26H24N2O4S. The molecule has 1 aromatic heterocycles. The Kier molecular flexibility index (Phi) is 6.70. The lowest BCUT2D eigenvalue weighted by Gasteiger charge is -2.08. The lowest BCUT2D eigenvalue weighted by atomic mass is 10.1. The molecule has 33 heavy (non-hydrogen) atoms. The fraction of sp³-hybridized carbons (Fsp3) is 0.192. The van der Waals surface area contributed by atoms with Crippen molar-refractivity contribution in [1.82, 2.24) is 4.57 Å². The predicted molar refractivity (Wildman–Crippen MR) is 129 cm³/mol. The first kappa shape index (κ1) is 22.5. The van der Waals surface area contributed by atoms with Crippen LogP contribution in [0, 0.1) is 13.8 Å². The number of rotatable bonds is 6. The summed E-state index contributed by atoms with van der Waals surface area (Å²) in [7, 11) is 0. The minimum Gasteiger partial charge on any atom is -0.465 e. The van der Waals surface area contributed by atoms with Crippen molar-refractivity contribution in [3.8, 4) is 11.5 Å². The van der Waals surface area contributed by atoms with Gasteiger partial charge in [0.15, 0.2) is 4.80 Å². The molecule has 3 aromatic carbocycles. The maximum absolute atomic E-state index is 12.9. The van der Waals surface area contributed by atoms with Gasteiger partial charge in [-0.1, -0.05) is 35.6 Å². The second-order valence-corrected chi connectivity index (χ2v) is 8.57. The van der Waals surface area contributed by atoms with Crippen molar-refractivity contribution in [2.75, 3.05) is 6.61 Å². The number of aromatic nitrogens is 1. The zero-order valence-corrected chi connectivity index (χ0v) is 19.5. The molecule has 4 aromatic rings. The van der Waals surface area contributed by atoms with E-state index in [0.717, 1.165) is 27.1 Å². The van der Waals surface area contributed by atoms with Crippen LogP contribution in [0.15, 0.2) is 71.7 Å². The van der Waals surface area contributed by atoms with Gasteiger partial charge in [0.2, 0.25) is 0 Å². The third kappa shape index (κ3) is 5.21. The molecule has 168 valence electrons. The number of nitrogens with zero attached hydrogens (tertiary/aromatic N) is 2. The van der Waals surface area contributed by atoms with Gasteiger partial charge < -0.3 is 14.0 Å². The van der Waals surface area contributed by atoms with Gasteiger partial charge in [-0.3, -0.25) is 9.59 Å². The third-order valence-electron chi connectivity index (χ3n) is 4.98. The van der Waals surface area contributed by atoms with E-state index in [4.69, 9.17) is 9.47 Å². The summed E-state index contributed by atoms with van der Waals surface area (Å²) in [5, 5.41) is 0. The van der Waals surface area contributed by atoms with E-state index in [1.54, 1.807) is 35.8 Å². The highest BCUT2D eigenvalue weighted by molar-refractivity contribution is 7.16. The van der Waals surface area contributed by atoms with Crippen molar-refractivity contribution in [2.24, 2.45) is 4.99 Å². The first-order chi connectivity index (χ1) is 15.9. The normalized spacial score (nSPS) is 11.5. The lowest BCUT2D eigenvalue weighted by Crippen LogP contribution is -2.23. The van der Waals surface area contributed by atoms with Crippen molar-refractivity contribution >= 4 is 33.4 Å². The van der Waals surface area contributed by atoms with Crippen LogP contribution in [-0.2, 0) is 16.1 Å². The van der Waals surface area contributed by atoms with Crippen LogP contribution in [-0.4, -0.2) is 23.1 Å². The predicted octanol–water partition coefficient (Wildman–Crippen LogP) is 5.42. The second-order valence-electron chi connectivity index (χ2n) is 7.56. The maximum atomic E-state index is 12.9. The van der Waals surface area contributed by atoms with Gasteiger partial charge >= 0.3 is 5.97 Å². The highest BCUT2D eigenvalue weighted by atomic mass is 32.1. The fourth-order valence-corrected chi connectivity index (χ4v) is 4.80. The van der Waals surface area contributed by atoms with Crippen LogP contribution in [0.1, 0.15) is 28.4 Å². The summed E-state index contributed by atoms with van der Waals surface area (Å²) in [6.07, 6.45) is 0. The number of esters is 1. The average molecular weight is 461 g/mol. The Balaban J connectivity index is 1.68. The third-order valence-corrected chi connectivity index (χ3v) is 6.01. The molecule has 0 radical (unpaired) electrons. The summed E-state index contributed by atoms with van der Waals surface area (Å²) >= 11 is 1.38. The SMILES string of the molecule is CCOC(=O)Cn1c(=NC(=O)c2ccc(Oc3ccccc3)cc2)sc2cc(C)cc(C)c21. The van der Waals surface area contributed by atoms with Crippen LogP contribution < -0.4 is 9.54 Å². The summed E-state index contributed by atoms with van der Waals surface area (Å²) < 4.78 is 13.7. The zero-order valence-electron chi connectivity index (χ0n) is 18.7. The van der Waals surface area contributed by atoms with E-state index in [2.05, 4.69) is 4.99 Å². The number of carbonyl (C=O) groups is 2. The molecule has 0 saturated heterocycles. The summed E-state index contributed by atoms with van der Waals surface area (Å²) in [4.78, 5) is 30.0. The smallest absolute Gasteiger partial charge is 0.326 e. The van der Waals surface area contributed by atoms with Crippen molar-refractivity contribution in [1.29, 1.82) is 0 Å². The number of hydrogen-bond acceptors (Lipinski definition) is 5. The fourth-order valence-electron chi connectivity index (χ4n) is 3.60. The molecule has 7 heteroatoms. The van der Waals surface area contributed by atoms with Gasteiger partial charge in [-0.05, 0) is 74.4 Å². The molecular weight excluding hydrogens is 436 g/mol. The maximum Gasteiger partial charge on any atom is 0.326 e. The topological polar surface area (TPSA) is 69.9 Å². The van der Waals surface area contributed by atoms with E-state index in [-0.39, 0.29) is 18.4 Å². The average Bonchev–Trinajstić information content (AvgIpc) is 3.11. The van der Waals surface area contributed by atoms with Gasteiger partial charge in [-0.2, -0.15) is 4.99 Å². The van der Waals surface area contributed by atoms with E-state index in [0.29, 0.717) is 22.7 Å². The Bertz CT molecular complexity index is 1370. The van der Waals surface area contributed by atoms with Gasteiger partial charge in [-0.15, -0.1) is 0 Å². The van der Waals surface area contributed by atoms with Gasteiger partial charge in [-0.25, -0.2) is 0 Å². The number of para-hydroxylation sites is 1. The molecule has 6 nitrogen and oxygen atoms in total. The number of benzene rings is 3. The Hall–Kier alpha value is -3.71. The Morgan fingerprint density at radius 1 is 0.970 bits per heavy atom. The molecule has 1 heterocycles. The van der Waals surface area contributed by atoms with Crippen molar-refractivity contribution in [2.45, 2.75) is 27.3 Å². The Labute approximate surface area is 195 Å². The molecule has 0 aliphatic rings. The summed E-state index contributed by atoms with van der Waals surface area (Å²) in [5.74, 6) is 0.591. The van der Waals surface area contributed by atoms with Crippen LogP contribution >= 0.6 is 11.3 Å². The second kappa shape index (κ2) is 9.83. The van der Waals surface area contributed by atoms with Crippen LogP contribution in [0.2, 0.25) is 0 Å². The standard InChI is InChI=1S/C26H24N2O4S/c1-4-31-23(29)16-28-24-18(3)14-17(2)15-22(24)33-26(28)27-25(30)19-10-12-21(13-11-19)32-20-8-6-5-7-9-20/h5-15H,4,16H2,1-3H3. The van der Waals surface area contributed by atoms with Gasteiger partial charge in [0.05, 0.1) is 16.8 Å². The molecule has 0 unspecified atom stereocenters. The molecule has 0 fully saturated rings. The molecule has 0 aliphatic carbocycles. The van der Waals surface area contributed by atoms with E-state index in [9.17, 15) is 9.59 Å². The van der Waals surface area contributed by atoms with Gasteiger partial charge in [0, 0.05) is 5.56 Å². The van der Waals surface area contributed by atoms with Crippen LogP contribution in [0.4, 0.5) is 0 Å². The number of amides is 1. The quantitative estimate of drug-likeness (QED) is 0.361. The molecule has 0 atom stereocenters. The van der Waals surface area contributed by atoms with Crippen LogP contribution in [0.25, 0.3) is 10.2 Å². The van der Waals surface area contributed by atoms with Crippen molar-refractivity contribution in [3.63, 3.8) is 0 Å². The number of hydrogen-bond donors (Lipinski definition) is 0. The Morgan fingerprint density at radius 2 is 1.67 bits per heavy atom. The zero-order chi connectivity index (χ0) is 23.4. The number of ether oxygens (including phenoxy) is 2. The van der Waals surface area contributed by atoms with Crippen LogP contribution in [0.3, 0.4) is 0 Å². The van der Waals surface area contributed by atoms with Gasteiger partial charge in [0.25, 0.3) is 5.91 Å². The summed E-state index contributed by atoms with van der Waals surface area (Å²) in [6, 6.07) is 20.4. The lowest BCUT2D eigenvalue weighted by molar-refractivity contribution is -0.143. The number of thiazole rings is 1. The molecule has 0 spiro atoms. The molecule has 4 rings (SSSR count). The molecule has 0 saturated carbocycles. The molecule has 0 N–H and O–H groups in total. The molecule has 0 aliphatic heterocycles. The first-order valence-corrected chi connectivity index (χ1v) is 11.4. The number of aryl methyl sites for hydroxylation is 2. The molecule has 1 amide bonds. The highest BCUT2D eigenvalue weighted by Crippen LogP contribution is 2.24. The van der Waals surface area contributed by atoms with E-state index in [1.165, 1.54) is 11.3 Å². The summed E-state index contributed by atoms with van der Waals surface area (Å²) in [6.45, 7) is 6.06. The van der Waals surface area contributed by atoms with Crippen LogP contribution in [0.5, 0.6) is 11.5 Å². The van der Waals surface area contributed by atoms with Crippen molar-refractivity contribution < 1.29 is 19.1 Å². The van der Waals surface area contributed by atoms with E-state index in [1.807, 2.05) is 56.3 Å². The monoisotopic (exact) mass is 460 g/mol. The minimum absolute atomic E-state index is 0.00624. The van der Waals surface area contributed by atoms with E-state index >= 15 is 0 Å². The Morgan fingerprint density at radius 3 is 2.36 bits per heavy atom. The van der Waals surface area contributed by atoms with E-state index < -0.39 is 0 Å². The van der Waals surface area contributed by atoms with Crippen molar-refractivity contribution in [3.05, 3.63) is 88.2 Å². The summed E-state index contributed by atoms with van der Waals surface area (Å²) in [5.41, 5.74) is 3.44. The highest BCUT2D eigenvalue weighted by Gasteiger charge is 2.15.